The van der Waals surface area contributed by atoms with Gasteiger partial charge in [-0.25, -0.2) is 0 Å². The first-order valence-corrected chi connectivity index (χ1v) is 7.50. The molecule has 3 unspecified atom stereocenters. The highest BCUT2D eigenvalue weighted by Gasteiger charge is 2.31. The SMILES string of the molecule is CCNC(Cc1ccn(C(C)C)n1)C1CCOC1C. The maximum Gasteiger partial charge on any atom is 0.0640 e. The molecule has 1 aliphatic heterocycles. The van der Waals surface area contributed by atoms with E-state index in [1.54, 1.807) is 0 Å². The van der Waals surface area contributed by atoms with Crippen LogP contribution in [0.3, 0.4) is 0 Å². The van der Waals surface area contributed by atoms with E-state index in [2.05, 4.69) is 50.4 Å². The molecule has 0 saturated carbocycles. The second-order valence-electron chi connectivity index (χ2n) is 5.78. The summed E-state index contributed by atoms with van der Waals surface area (Å²) in [6.45, 7) is 10.6. The van der Waals surface area contributed by atoms with Gasteiger partial charge in [-0.15, -0.1) is 0 Å². The highest BCUT2D eigenvalue weighted by atomic mass is 16.5. The molecular formula is C15H27N3O. The Labute approximate surface area is 116 Å². The van der Waals surface area contributed by atoms with Crippen LogP contribution in [0.15, 0.2) is 12.3 Å². The molecule has 0 aromatic carbocycles. The lowest BCUT2D eigenvalue weighted by atomic mass is 9.90. The first kappa shape index (κ1) is 14.5. The third kappa shape index (κ3) is 3.57. The molecule has 2 heterocycles. The average Bonchev–Trinajstić information content (AvgIpc) is 2.97. The lowest BCUT2D eigenvalue weighted by Crippen LogP contribution is -2.41. The number of nitrogens with one attached hydrogen (secondary N) is 1. The van der Waals surface area contributed by atoms with Crippen molar-refractivity contribution in [3.05, 3.63) is 18.0 Å². The molecule has 0 radical (unpaired) electrons. The molecule has 19 heavy (non-hydrogen) atoms. The lowest BCUT2D eigenvalue weighted by Gasteiger charge is -2.26. The normalized spacial score (nSPS) is 25.1. The molecule has 1 aliphatic rings. The van der Waals surface area contributed by atoms with Crippen LogP contribution in [0.25, 0.3) is 0 Å². The standard InChI is InChI=1S/C15H27N3O/c1-5-16-15(14-7-9-19-12(14)4)10-13-6-8-18(17-13)11(2)3/h6,8,11-12,14-16H,5,7,9-10H2,1-4H3. The van der Waals surface area contributed by atoms with Gasteiger partial charge in [-0.3, -0.25) is 4.68 Å². The predicted molar refractivity (Wildman–Crippen MR) is 77.3 cm³/mol. The summed E-state index contributed by atoms with van der Waals surface area (Å²) in [7, 11) is 0. The molecule has 0 aliphatic carbocycles. The Morgan fingerprint density at radius 2 is 2.32 bits per heavy atom. The largest absolute Gasteiger partial charge is 0.378 e. The van der Waals surface area contributed by atoms with Crippen molar-refractivity contribution in [3.63, 3.8) is 0 Å². The minimum atomic E-state index is 0.358. The van der Waals surface area contributed by atoms with Crippen LogP contribution in [0.2, 0.25) is 0 Å². The van der Waals surface area contributed by atoms with Crippen molar-refractivity contribution in [3.8, 4) is 0 Å². The van der Waals surface area contributed by atoms with Gasteiger partial charge in [0.25, 0.3) is 0 Å². The zero-order valence-electron chi connectivity index (χ0n) is 12.6. The van der Waals surface area contributed by atoms with Crippen LogP contribution in [0.5, 0.6) is 0 Å². The van der Waals surface area contributed by atoms with Gasteiger partial charge in [-0.1, -0.05) is 6.92 Å². The van der Waals surface area contributed by atoms with E-state index < -0.39 is 0 Å². The molecule has 1 saturated heterocycles. The third-order valence-electron chi connectivity index (χ3n) is 4.04. The summed E-state index contributed by atoms with van der Waals surface area (Å²) in [5, 5.41) is 8.28. The van der Waals surface area contributed by atoms with E-state index in [-0.39, 0.29) is 0 Å². The van der Waals surface area contributed by atoms with Crippen LogP contribution in [-0.4, -0.2) is 35.1 Å². The summed E-state index contributed by atoms with van der Waals surface area (Å²) in [5.41, 5.74) is 1.18. The molecule has 1 fully saturated rings. The van der Waals surface area contributed by atoms with Crippen LogP contribution in [0.1, 0.15) is 45.9 Å². The van der Waals surface area contributed by atoms with Gasteiger partial charge >= 0.3 is 0 Å². The highest BCUT2D eigenvalue weighted by Crippen LogP contribution is 2.25. The van der Waals surface area contributed by atoms with E-state index in [0.717, 1.165) is 26.0 Å². The van der Waals surface area contributed by atoms with Crippen molar-refractivity contribution in [2.24, 2.45) is 5.92 Å². The molecule has 4 heteroatoms. The first-order valence-electron chi connectivity index (χ1n) is 7.50. The number of rotatable bonds is 6. The van der Waals surface area contributed by atoms with Gasteiger partial charge in [0.1, 0.15) is 0 Å². The molecule has 4 nitrogen and oxygen atoms in total. The van der Waals surface area contributed by atoms with Gasteiger partial charge in [-0.2, -0.15) is 5.10 Å². The van der Waals surface area contributed by atoms with Crippen LogP contribution in [0.4, 0.5) is 0 Å². The summed E-state index contributed by atoms with van der Waals surface area (Å²) in [6, 6.07) is 3.04. The molecule has 1 N–H and O–H groups in total. The fraction of sp³-hybridized carbons (Fsp3) is 0.800. The number of likely N-dealkylation sites (N-methyl/N-ethyl adjacent to an activating group) is 1. The highest BCUT2D eigenvalue weighted by molar-refractivity contribution is 5.04. The summed E-state index contributed by atoms with van der Waals surface area (Å²) in [5.74, 6) is 0.601. The van der Waals surface area contributed by atoms with Gasteiger partial charge in [0.05, 0.1) is 11.8 Å². The van der Waals surface area contributed by atoms with Crippen molar-refractivity contribution in [1.29, 1.82) is 0 Å². The van der Waals surface area contributed by atoms with Crippen LogP contribution < -0.4 is 5.32 Å². The Kier molecular flexibility index (Phi) is 4.99. The Morgan fingerprint density at radius 1 is 1.53 bits per heavy atom. The molecule has 108 valence electrons. The van der Waals surface area contributed by atoms with Gasteiger partial charge < -0.3 is 10.1 Å². The number of ether oxygens (including phenoxy) is 1. The molecule has 1 aromatic heterocycles. The Balaban J connectivity index is 2.02. The van der Waals surface area contributed by atoms with E-state index in [0.29, 0.717) is 24.1 Å². The monoisotopic (exact) mass is 265 g/mol. The van der Waals surface area contributed by atoms with Crippen LogP contribution in [-0.2, 0) is 11.2 Å². The van der Waals surface area contributed by atoms with Crippen molar-refractivity contribution < 1.29 is 4.74 Å². The Hall–Kier alpha value is -0.870. The van der Waals surface area contributed by atoms with Gasteiger partial charge in [0, 0.05) is 37.2 Å². The van der Waals surface area contributed by atoms with Crippen molar-refractivity contribution >= 4 is 0 Å². The number of nitrogens with zero attached hydrogens (tertiary/aromatic N) is 2. The summed E-state index contributed by atoms with van der Waals surface area (Å²) in [6.07, 6.45) is 4.59. The predicted octanol–water partition coefficient (Wildman–Crippen LogP) is 2.41. The van der Waals surface area contributed by atoms with E-state index in [1.165, 1.54) is 5.69 Å². The minimum absolute atomic E-state index is 0.358. The first-order chi connectivity index (χ1) is 9.11. The molecule has 0 spiro atoms. The molecule has 2 rings (SSSR count). The van der Waals surface area contributed by atoms with Crippen LogP contribution >= 0.6 is 0 Å². The Bertz CT molecular complexity index is 388. The topological polar surface area (TPSA) is 39.1 Å². The average molecular weight is 265 g/mol. The fourth-order valence-electron chi connectivity index (χ4n) is 2.91. The molecule has 0 amide bonds. The molecule has 0 bridgehead atoms. The fourth-order valence-corrected chi connectivity index (χ4v) is 2.91. The van der Waals surface area contributed by atoms with E-state index in [1.807, 2.05) is 4.68 Å². The van der Waals surface area contributed by atoms with Crippen molar-refractivity contribution in [2.75, 3.05) is 13.2 Å². The summed E-state index contributed by atoms with van der Waals surface area (Å²) < 4.78 is 7.74. The number of hydrogen-bond donors (Lipinski definition) is 1. The Morgan fingerprint density at radius 3 is 2.84 bits per heavy atom. The zero-order chi connectivity index (χ0) is 13.8. The summed E-state index contributed by atoms with van der Waals surface area (Å²) in [4.78, 5) is 0. The maximum absolute atomic E-state index is 5.71. The summed E-state index contributed by atoms with van der Waals surface area (Å²) >= 11 is 0. The second-order valence-corrected chi connectivity index (χ2v) is 5.78. The smallest absolute Gasteiger partial charge is 0.0640 e. The second kappa shape index (κ2) is 6.53. The number of hydrogen-bond acceptors (Lipinski definition) is 3. The van der Waals surface area contributed by atoms with Crippen molar-refractivity contribution in [2.45, 2.75) is 58.7 Å². The van der Waals surface area contributed by atoms with Crippen molar-refractivity contribution in [1.82, 2.24) is 15.1 Å². The zero-order valence-corrected chi connectivity index (χ0v) is 12.6. The van der Waals surface area contributed by atoms with Crippen LogP contribution in [0, 0.1) is 5.92 Å². The molecule has 3 atom stereocenters. The lowest BCUT2D eigenvalue weighted by molar-refractivity contribution is 0.0954. The van der Waals surface area contributed by atoms with Gasteiger partial charge in [0.2, 0.25) is 0 Å². The van der Waals surface area contributed by atoms with E-state index in [9.17, 15) is 0 Å². The number of aromatic nitrogens is 2. The minimum Gasteiger partial charge on any atom is -0.378 e. The maximum atomic E-state index is 5.71. The third-order valence-corrected chi connectivity index (χ3v) is 4.04. The van der Waals surface area contributed by atoms with Gasteiger partial charge in [0.15, 0.2) is 0 Å². The van der Waals surface area contributed by atoms with E-state index in [4.69, 9.17) is 4.74 Å². The van der Waals surface area contributed by atoms with Gasteiger partial charge in [-0.05, 0) is 39.8 Å². The quantitative estimate of drug-likeness (QED) is 0.858. The van der Waals surface area contributed by atoms with E-state index >= 15 is 0 Å². The molecule has 1 aromatic rings. The molecular weight excluding hydrogens is 238 g/mol.